The number of rotatable bonds is 4. The summed E-state index contributed by atoms with van der Waals surface area (Å²) in [6, 6.07) is 2.69. The van der Waals surface area contributed by atoms with E-state index >= 15 is 0 Å². The van der Waals surface area contributed by atoms with Gasteiger partial charge in [0.05, 0.1) is 17.7 Å². The molecule has 0 saturated heterocycles. The summed E-state index contributed by atoms with van der Waals surface area (Å²) < 4.78 is 0. The maximum Gasteiger partial charge on any atom is 0.335 e. The summed E-state index contributed by atoms with van der Waals surface area (Å²) in [5, 5.41) is 21.1. The third kappa shape index (κ3) is 2.25. The molecule has 0 aliphatic heterocycles. The molecule has 1 saturated carbocycles. The van der Waals surface area contributed by atoms with Gasteiger partial charge >= 0.3 is 5.97 Å². The molecule has 0 atom stereocenters. The van der Waals surface area contributed by atoms with E-state index in [2.05, 4.69) is 10.3 Å². The van der Waals surface area contributed by atoms with Gasteiger partial charge in [0.25, 0.3) is 0 Å². The first-order valence-corrected chi connectivity index (χ1v) is 5.22. The number of aliphatic hydroxyl groups is 1. The lowest BCUT2D eigenvalue weighted by Gasteiger charge is -2.15. The van der Waals surface area contributed by atoms with Gasteiger partial charge < -0.3 is 15.5 Å². The van der Waals surface area contributed by atoms with Crippen LogP contribution >= 0.6 is 11.6 Å². The average Bonchev–Trinajstić information content (AvgIpc) is 2.97. The number of hydrogen-bond acceptors (Lipinski definition) is 4. The Kier molecular flexibility index (Phi) is 2.73. The number of carboxylic acids is 1. The Bertz CT molecular complexity index is 432. The van der Waals surface area contributed by atoms with Crippen LogP contribution in [0.2, 0.25) is 5.15 Å². The minimum atomic E-state index is -1.05. The molecule has 1 aromatic heterocycles. The number of anilines is 1. The molecule has 1 heterocycles. The number of nitrogens with zero attached hydrogens (tertiary/aromatic N) is 1. The highest BCUT2D eigenvalue weighted by atomic mass is 35.5. The Balaban J connectivity index is 2.24. The molecule has 1 aliphatic rings. The Labute approximate surface area is 97.1 Å². The molecular formula is C10H11ClN2O3. The number of aromatic carboxylic acids is 1. The van der Waals surface area contributed by atoms with Crippen LogP contribution in [0.4, 0.5) is 5.82 Å². The summed E-state index contributed by atoms with van der Waals surface area (Å²) in [7, 11) is 0. The molecule has 5 nitrogen and oxygen atoms in total. The number of pyridine rings is 1. The van der Waals surface area contributed by atoms with E-state index in [9.17, 15) is 4.79 Å². The zero-order valence-electron chi connectivity index (χ0n) is 8.40. The van der Waals surface area contributed by atoms with Crippen molar-refractivity contribution in [3.63, 3.8) is 0 Å². The van der Waals surface area contributed by atoms with E-state index in [0.29, 0.717) is 5.82 Å². The maximum absolute atomic E-state index is 10.8. The molecule has 0 spiro atoms. The Morgan fingerprint density at radius 1 is 1.56 bits per heavy atom. The third-order valence-corrected chi connectivity index (χ3v) is 2.78. The molecule has 1 aromatic rings. The normalized spacial score (nSPS) is 16.9. The van der Waals surface area contributed by atoms with Crippen molar-refractivity contribution >= 4 is 23.4 Å². The van der Waals surface area contributed by atoms with Gasteiger partial charge in [0.2, 0.25) is 0 Å². The molecule has 0 amide bonds. The fourth-order valence-electron chi connectivity index (χ4n) is 1.43. The van der Waals surface area contributed by atoms with Crippen LogP contribution < -0.4 is 5.32 Å². The number of aromatic nitrogens is 1. The predicted octanol–water partition coefficient (Wildman–Crippen LogP) is 1.37. The highest BCUT2D eigenvalue weighted by Gasteiger charge is 2.42. The zero-order valence-corrected chi connectivity index (χ0v) is 9.16. The van der Waals surface area contributed by atoms with Gasteiger partial charge in [-0.25, -0.2) is 9.78 Å². The first-order chi connectivity index (χ1) is 7.54. The maximum atomic E-state index is 10.8. The molecule has 1 fully saturated rings. The smallest absolute Gasteiger partial charge is 0.335 e. The van der Waals surface area contributed by atoms with Crippen molar-refractivity contribution in [3.8, 4) is 0 Å². The van der Waals surface area contributed by atoms with Crippen LogP contribution in [0.1, 0.15) is 23.2 Å². The van der Waals surface area contributed by atoms with Crippen LogP contribution in [0.15, 0.2) is 12.1 Å². The van der Waals surface area contributed by atoms with Crippen molar-refractivity contribution in [3.05, 3.63) is 22.8 Å². The number of carbonyl (C=O) groups is 1. The molecule has 0 unspecified atom stereocenters. The second-order valence-corrected chi connectivity index (χ2v) is 4.32. The summed E-state index contributed by atoms with van der Waals surface area (Å²) in [6.07, 6.45) is 1.69. The molecule has 0 radical (unpaired) electrons. The van der Waals surface area contributed by atoms with Crippen molar-refractivity contribution < 1.29 is 15.0 Å². The fraction of sp³-hybridized carbons (Fsp3) is 0.400. The molecule has 6 heteroatoms. The van der Waals surface area contributed by atoms with Crippen molar-refractivity contribution in [2.24, 2.45) is 0 Å². The minimum Gasteiger partial charge on any atom is -0.478 e. The van der Waals surface area contributed by atoms with Crippen LogP contribution in [0.5, 0.6) is 0 Å². The molecule has 86 valence electrons. The van der Waals surface area contributed by atoms with Gasteiger partial charge in [-0.05, 0) is 25.0 Å². The molecule has 3 N–H and O–H groups in total. The van der Waals surface area contributed by atoms with Crippen LogP contribution in [0.25, 0.3) is 0 Å². The number of halogens is 1. The van der Waals surface area contributed by atoms with Crippen LogP contribution in [0.3, 0.4) is 0 Å². The summed E-state index contributed by atoms with van der Waals surface area (Å²) in [5.74, 6) is -0.669. The standard InChI is InChI=1S/C10H11ClN2O3/c11-7-3-6(9(15)16)4-8(12-7)13-10(5-14)1-2-10/h3-4,14H,1-2,5H2,(H,12,13)(H,15,16). The van der Waals surface area contributed by atoms with Gasteiger partial charge in [-0.2, -0.15) is 0 Å². The lowest BCUT2D eigenvalue weighted by Crippen LogP contribution is -2.26. The Morgan fingerprint density at radius 2 is 2.25 bits per heavy atom. The van der Waals surface area contributed by atoms with Gasteiger partial charge in [0, 0.05) is 0 Å². The van der Waals surface area contributed by atoms with Gasteiger partial charge in [-0.3, -0.25) is 0 Å². The molecule has 0 aromatic carbocycles. The molecule has 2 rings (SSSR count). The predicted molar refractivity (Wildman–Crippen MR) is 58.9 cm³/mol. The molecule has 0 bridgehead atoms. The fourth-order valence-corrected chi connectivity index (χ4v) is 1.64. The van der Waals surface area contributed by atoms with Crippen molar-refractivity contribution in [1.82, 2.24) is 4.98 Å². The summed E-state index contributed by atoms with van der Waals surface area (Å²) >= 11 is 5.71. The van der Waals surface area contributed by atoms with Gasteiger partial charge in [-0.15, -0.1) is 0 Å². The first-order valence-electron chi connectivity index (χ1n) is 4.85. The van der Waals surface area contributed by atoms with E-state index in [1.165, 1.54) is 12.1 Å². The van der Waals surface area contributed by atoms with Crippen molar-refractivity contribution in [2.45, 2.75) is 18.4 Å². The van der Waals surface area contributed by atoms with Gasteiger partial charge in [0.1, 0.15) is 11.0 Å². The quantitative estimate of drug-likeness (QED) is 0.695. The van der Waals surface area contributed by atoms with Crippen molar-refractivity contribution in [1.29, 1.82) is 0 Å². The average molecular weight is 243 g/mol. The van der Waals surface area contributed by atoms with E-state index in [-0.39, 0.29) is 22.9 Å². The topological polar surface area (TPSA) is 82.5 Å². The van der Waals surface area contributed by atoms with E-state index in [1.807, 2.05) is 0 Å². The van der Waals surface area contributed by atoms with Gasteiger partial charge in [0.15, 0.2) is 0 Å². The second kappa shape index (κ2) is 3.92. The Hall–Kier alpha value is -1.33. The largest absolute Gasteiger partial charge is 0.478 e. The minimum absolute atomic E-state index is 0.00357. The number of carboxylic acid groups (broad SMARTS) is 1. The Morgan fingerprint density at radius 3 is 2.75 bits per heavy atom. The van der Waals surface area contributed by atoms with Crippen LogP contribution in [0, 0.1) is 0 Å². The lowest BCUT2D eigenvalue weighted by atomic mass is 10.2. The summed E-state index contributed by atoms with van der Waals surface area (Å²) in [4.78, 5) is 14.8. The number of hydrogen-bond donors (Lipinski definition) is 3. The molecule has 1 aliphatic carbocycles. The SMILES string of the molecule is O=C(O)c1cc(Cl)nc(NC2(CO)CC2)c1. The van der Waals surface area contributed by atoms with E-state index in [1.54, 1.807) is 0 Å². The van der Waals surface area contributed by atoms with E-state index in [4.69, 9.17) is 21.8 Å². The summed E-state index contributed by atoms with van der Waals surface area (Å²) in [6.45, 7) is 0.00357. The van der Waals surface area contributed by atoms with Crippen LogP contribution in [-0.2, 0) is 0 Å². The second-order valence-electron chi connectivity index (χ2n) is 3.93. The van der Waals surface area contributed by atoms with E-state index in [0.717, 1.165) is 12.8 Å². The summed E-state index contributed by atoms with van der Waals surface area (Å²) in [5.41, 5.74) is -0.260. The monoisotopic (exact) mass is 242 g/mol. The van der Waals surface area contributed by atoms with Gasteiger partial charge in [-0.1, -0.05) is 11.6 Å². The van der Waals surface area contributed by atoms with Crippen LogP contribution in [-0.4, -0.2) is 33.3 Å². The molecule has 16 heavy (non-hydrogen) atoms. The van der Waals surface area contributed by atoms with Crippen molar-refractivity contribution in [2.75, 3.05) is 11.9 Å². The lowest BCUT2D eigenvalue weighted by molar-refractivity contribution is 0.0697. The van der Waals surface area contributed by atoms with E-state index < -0.39 is 5.97 Å². The number of nitrogens with one attached hydrogen (secondary N) is 1. The zero-order chi connectivity index (χ0) is 11.8. The third-order valence-electron chi connectivity index (χ3n) is 2.59. The first kappa shape index (κ1) is 11.2. The highest BCUT2D eigenvalue weighted by Crippen LogP contribution is 2.38. The highest BCUT2D eigenvalue weighted by molar-refractivity contribution is 6.29. The molecular weight excluding hydrogens is 232 g/mol. The number of aliphatic hydroxyl groups excluding tert-OH is 1.